The van der Waals surface area contributed by atoms with Crippen LogP contribution in [0.25, 0.3) is 0 Å². The number of likely N-dealkylation sites (tertiary alicyclic amines) is 1. The number of unbranched alkanes of at least 4 members (excludes halogenated alkanes) is 1. The molecule has 0 unspecified atom stereocenters. The van der Waals surface area contributed by atoms with Crippen molar-refractivity contribution in [1.29, 1.82) is 0 Å². The van der Waals surface area contributed by atoms with Gasteiger partial charge in [0.1, 0.15) is 13.1 Å². The lowest BCUT2D eigenvalue weighted by Crippen LogP contribution is -2.33. The number of aldehydes is 1. The lowest BCUT2D eigenvalue weighted by molar-refractivity contribution is -0.0980. The van der Waals surface area contributed by atoms with E-state index in [2.05, 4.69) is 62.2 Å². The first kappa shape index (κ1) is 31.5. The molecule has 0 atom stereocenters. The summed E-state index contributed by atoms with van der Waals surface area (Å²) in [6.07, 6.45) is 6.16. The second kappa shape index (κ2) is 18.9. The zero-order valence-electron chi connectivity index (χ0n) is 22.7. The number of nitrogens with one attached hydrogen (secondary N) is 1. The summed E-state index contributed by atoms with van der Waals surface area (Å²) in [5.41, 5.74) is 5.90. The van der Waals surface area contributed by atoms with Gasteiger partial charge in [-0.1, -0.05) is 58.4 Å². The molecule has 1 aliphatic heterocycles. The van der Waals surface area contributed by atoms with E-state index in [-0.39, 0.29) is 0 Å². The van der Waals surface area contributed by atoms with Gasteiger partial charge in [0.25, 0.3) is 0 Å². The van der Waals surface area contributed by atoms with E-state index >= 15 is 0 Å². The minimum atomic E-state index is 0.753. The number of anilines is 1. The molecule has 1 N–H and O–H groups in total. The van der Waals surface area contributed by atoms with Crippen molar-refractivity contribution in [3.8, 4) is 0 Å². The maximum Gasteiger partial charge on any atom is 0.150 e. The molecule has 1 saturated heterocycles. The summed E-state index contributed by atoms with van der Waals surface area (Å²) in [5.74, 6) is 1.59. The Kier molecular flexibility index (Phi) is 17.5. The molecule has 0 saturated carbocycles. The van der Waals surface area contributed by atoms with E-state index in [1.165, 1.54) is 67.7 Å². The van der Waals surface area contributed by atoms with Gasteiger partial charge in [-0.3, -0.25) is 4.79 Å². The molecule has 0 aromatic heterocycles. The van der Waals surface area contributed by atoms with Crippen LogP contribution in [0.5, 0.6) is 0 Å². The van der Waals surface area contributed by atoms with E-state index < -0.39 is 0 Å². The highest BCUT2D eigenvalue weighted by atomic mass is 16.1. The molecule has 1 aliphatic rings. The normalized spacial score (nSPS) is 13.4. The average molecular weight is 469 g/mol. The van der Waals surface area contributed by atoms with Crippen LogP contribution in [-0.2, 0) is 4.79 Å². The lowest BCUT2D eigenvalue weighted by Gasteiger charge is -2.32. The number of hydrogen-bond acceptors (Lipinski definition) is 4. The van der Waals surface area contributed by atoms with Crippen molar-refractivity contribution in [2.24, 2.45) is 5.92 Å². The number of piperidine rings is 1. The molecule has 2 aromatic rings. The number of nitrogens with zero attached hydrogens (tertiary/aromatic N) is 1. The molecule has 4 heteroatoms. The highest BCUT2D eigenvalue weighted by Crippen LogP contribution is 2.29. The van der Waals surface area contributed by atoms with Gasteiger partial charge in [-0.15, -0.1) is 0 Å². The van der Waals surface area contributed by atoms with Gasteiger partial charge in [0.15, 0.2) is 0 Å². The van der Waals surface area contributed by atoms with Gasteiger partial charge < -0.3 is 15.0 Å². The number of aryl methyl sites for hydroxylation is 2. The van der Waals surface area contributed by atoms with Gasteiger partial charge in [0.2, 0.25) is 0 Å². The van der Waals surface area contributed by atoms with Crippen molar-refractivity contribution in [2.45, 2.75) is 73.1 Å². The Morgan fingerprint density at radius 2 is 1.65 bits per heavy atom. The largest absolute Gasteiger partial charge is 0.388 e. The average Bonchev–Trinajstić information content (AvgIpc) is 2.86. The van der Waals surface area contributed by atoms with Crippen LogP contribution in [0, 0.1) is 19.8 Å². The zero-order valence-corrected chi connectivity index (χ0v) is 22.7. The Morgan fingerprint density at radius 1 is 1.03 bits per heavy atom. The topological polar surface area (TPSA) is 49.4 Å². The minimum absolute atomic E-state index is 0.753. The highest BCUT2D eigenvalue weighted by Gasteiger charge is 2.20. The summed E-state index contributed by atoms with van der Waals surface area (Å²) in [5, 5.41) is 3.23. The molecule has 0 spiro atoms. The molecule has 34 heavy (non-hydrogen) atoms. The van der Waals surface area contributed by atoms with Crippen molar-refractivity contribution < 1.29 is 9.59 Å². The number of carbonyl (C=O) groups is 2. The Bertz CT molecular complexity index is 793. The number of hydrogen-bond donors (Lipinski definition) is 1. The Balaban J connectivity index is 0.000000573. The maximum absolute atomic E-state index is 10.3. The molecule has 190 valence electrons. The first-order chi connectivity index (χ1) is 16.3. The zero-order chi connectivity index (χ0) is 25.9. The van der Waals surface area contributed by atoms with E-state index in [0.717, 1.165) is 23.7 Å². The van der Waals surface area contributed by atoms with Crippen LogP contribution >= 0.6 is 0 Å². The van der Waals surface area contributed by atoms with Crippen molar-refractivity contribution in [3.63, 3.8) is 0 Å². The number of rotatable bonds is 6. The molecule has 1 heterocycles. The van der Waals surface area contributed by atoms with Gasteiger partial charge in [0, 0.05) is 18.3 Å². The van der Waals surface area contributed by atoms with Crippen molar-refractivity contribution in [1.82, 2.24) is 4.90 Å². The van der Waals surface area contributed by atoms with Crippen LogP contribution in [0.15, 0.2) is 42.5 Å². The first-order valence-electron chi connectivity index (χ1n) is 12.6. The Morgan fingerprint density at radius 3 is 2.15 bits per heavy atom. The van der Waals surface area contributed by atoms with Crippen LogP contribution in [-0.4, -0.2) is 44.7 Å². The van der Waals surface area contributed by atoms with E-state index in [4.69, 9.17) is 4.79 Å². The van der Waals surface area contributed by atoms with E-state index in [1.807, 2.05) is 45.9 Å². The fraction of sp³-hybridized carbons (Fsp3) is 0.533. The van der Waals surface area contributed by atoms with Gasteiger partial charge in [-0.2, -0.15) is 0 Å². The van der Waals surface area contributed by atoms with Gasteiger partial charge in [-0.05, 0) is 99.5 Å². The minimum Gasteiger partial charge on any atom is -0.388 e. The summed E-state index contributed by atoms with van der Waals surface area (Å²) in [4.78, 5) is 20.9. The standard InChI is InChI=1S/C16H26N2.C9H10O.C4H10.CH2O/c1-3-4-10-18-11-8-14(9-12-18)15-6-5-7-16(13-15)17-2;1-7-3-4-9(6-10)5-8(7)2;1-4(2)3;1-2/h5-7,13-14,17H,3-4,8-12H2,1-2H3;3-6H,1-2H3;4H,1-3H3;1H2. The fourth-order valence-electron chi connectivity index (χ4n) is 3.66. The Labute approximate surface area is 209 Å². The molecule has 0 radical (unpaired) electrons. The second-order valence-electron chi connectivity index (χ2n) is 9.54. The van der Waals surface area contributed by atoms with Crippen molar-refractivity contribution in [2.75, 3.05) is 32.0 Å². The molecule has 0 bridgehead atoms. The summed E-state index contributed by atoms with van der Waals surface area (Å²) in [6.45, 7) is 18.6. The van der Waals surface area contributed by atoms with Crippen LogP contribution in [0.1, 0.15) is 86.3 Å². The van der Waals surface area contributed by atoms with E-state index in [1.54, 1.807) is 0 Å². The molecule has 2 aromatic carbocycles. The second-order valence-corrected chi connectivity index (χ2v) is 9.54. The molecular formula is C30H48N2O2. The molecule has 4 nitrogen and oxygen atoms in total. The maximum atomic E-state index is 10.3. The van der Waals surface area contributed by atoms with E-state index in [9.17, 15) is 4.79 Å². The first-order valence-corrected chi connectivity index (χ1v) is 12.6. The highest BCUT2D eigenvalue weighted by molar-refractivity contribution is 5.75. The van der Waals surface area contributed by atoms with Gasteiger partial charge >= 0.3 is 0 Å². The molecule has 3 rings (SSSR count). The van der Waals surface area contributed by atoms with Crippen LogP contribution < -0.4 is 5.32 Å². The molecule has 0 aliphatic carbocycles. The van der Waals surface area contributed by atoms with Crippen molar-refractivity contribution >= 4 is 18.8 Å². The Hall–Kier alpha value is -2.46. The summed E-state index contributed by atoms with van der Waals surface area (Å²) < 4.78 is 0. The summed E-state index contributed by atoms with van der Waals surface area (Å²) >= 11 is 0. The van der Waals surface area contributed by atoms with Crippen molar-refractivity contribution in [3.05, 3.63) is 64.7 Å². The number of carbonyl (C=O) groups excluding carboxylic acids is 2. The summed E-state index contributed by atoms with van der Waals surface area (Å²) in [7, 11) is 1.99. The smallest absolute Gasteiger partial charge is 0.150 e. The predicted octanol–water partition coefficient (Wildman–Crippen LogP) is 7.30. The SMILES string of the molecule is C=O.CC(C)C.CCCCN1CCC(c2cccc(NC)c2)CC1.Cc1ccc(C=O)cc1C. The third-order valence-corrected chi connectivity index (χ3v) is 5.73. The lowest BCUT2D eigenvalue weighted by atomic mass is 9.89. The third kappa shape index (κ3) is 13.3. The fourth-order valence-corrected chi connectivity index (χ4v) is 3.66. The number of benzene rings is 2. The summed E-state index contributed by atoms with van der Waals surface area (Å²) in [6, 6.07) is 14.6. The molecular weight excluding hydrogens is 420 g/mol. The monoisotopic (exact) mass is 468 g/mol. The molecule has 0 amide bonds. The van der Waals surface area contributed by atoms with Gasteiger partial charge in [0.05, 0.1) is 0 Å². The van der Waals surface area contributed by atoms with E-state index in [0.29, 0.717) is 0 Å². The van der Waals surface area contributed by atoms with Crippen LogP contribution in [0.4, 0.5) is 5.69 Å². The van der Waals surface area contributed by atoms with Crippen LogP contribution in [0.3, 0.4) is 0 Å². The molecule has 1 fully saturated rings. The van der Waals surface area contributed by atoms with Gasteiger partial charge in [-0.25, -0.2) is 0 Å². The third-order valence-electron chi connectivity index (χ3n) is 5.73. The van der Waals surface area contributed by atoms with Crippen LogP contribution in [0.2, 0.25) is 0 Å². The quantitative estimate of drug-likeness (QED) is 0.452. The predicted molar refractivity (Wildman–Crippen MR) is 148 cm³/mol.